The van der Waals surface area contributed by atoms with E-state index in [1.54, 1.807) is 13.0 Å². The fraction of sp³-hybridized carbons (Fsp3) is 0.615. The molecule has 38 heavy (non-hydrogen) atoms. The number of nitrogens with one attached hydrogen (secondary N) is 1. The number of aromatic nitrogens is 2. The Balaban J connectivity index is 1.64. The molecule has 1 atom stereocenters. The Morgan fingerprint density at radius 1 is 1.18 bits per heavy atom. The van der Waals surface area contributed by atoms with Gasteiger partial charge in [0.1, 0.15) is 0 Å². The third kappa shape index (κ3) is 6.95. The highest BCUT2D eigenvalue weighted by Crippen LogP contribution is 2.38. The van der Waals surface area contributed by atoms with E-state index in [-0.39, 0.29) is 35.3 Å². The number of anilines is 3. The van der Waals surface area contributed by atoms with Crippen molar-refractivity contribution in [3.63, 3.8) is 0 Å². The van der Waals surface area contributed by atoms with Crippen molar-refractivity contribution in [2.45, 2.75) is 71.0 Å². The molecule has 1 saturated carbocycles. The molecule has 1 aromatic carbocycles. The Morgan fingerprint density at radius 3 is 2.42 bits per heavy atom. The number of halogens is 3. The standard InChI is InChI=1S/C26H34F3N5O3S/c1-15(2)14-34(19-8-10-33(11-9-19)23(37)17-4-5-17)21-7-6-18(16(3)12-22(35)36)13-20(21)30-25-31-24(32-38-25)26(27,28)29/h6-7,13,15-17,19H,4-5,8-12,14H2,1-3H3,(H,35,36)(H,30,31,32)/t16-/m1/s1. The van der Waals surface area contributed by atoms with Crippen LogP contribution in [0.2, 0.25) is 0 Å². The first-order valence-corrected chi connectivity index (χ1v) is 13.8. The van der Waals surface area contributed by atoms with Crippen LogP contribution in [0, 0.1) is 11.8 Å². The zero-order valence-corrected chi connectivity index (χ0v) is 22.6. The molecule has 2 aromatic rings. The van der Waals surface area contributed by atoms with Crippen LogP contribution in [0.15, 0.2) is 18.2 Å². The van der Waals surface area contributed by atoms with E-state index in [4.69, 9.17) is 0 Å². The van der Waals surface area contributed by atoms with Crippen LogP contribution in [-0.2, 0) is 15.8 Å². The predicted octanol–water partition coefficient (Wildman–Crippen LogP) is 5.74. The zero-order chi connectivity index (χ0) is 27.6. The molecule has 8 nitrogen and oxygen atoms in total. The summed E-state index contributed by atoms with van der Waals surface area (Å²) in [6, 6.07) is 5.74. The van der Waals surface area contributed by atoms with Crippen molar-refractivity contribution in [1.29, 1.82) is 0 Å². The lowest BCUT2D eigenvalue weighted by atomic mass is 9.95. The smallest absolute Gasteiger partial charge is 0.452 e. The first-order valence-electron chi connectivity index (χ1n) is 13.0. The number of alkyl halides is 3. The summed E-state index contributed by atoms with van der Waals surface area (Å²) in [5, 5.41) is 12.3. The lowest BCUT2D eigenvalue weighted by Crippen LogP contribution is -2.48. The zero-order valence-electron chi connectivity index (χ0n) is 21.8. The maximum absolute atomic E-state index is 13.1. The molecule has 2 aliphatic rings. The molecule has 0 unspecified atom stereocenters. The van der Waals surface area contributed by atoms with E-state index >= 15 is 0 Å². The molecule has 1 aromatic heterocycles. The van der Waals surface area contributed by atoms with Gasteiger partial charge in [0.2, 0.25) is 16.9 Å². The molecule has 0 bridgehead atoms. The van der Waals surface area contributed by atoms with Crippen molar-refractivity contribution < 1.29 is 27.9 Å². The number of nitrogens with zero attached hydrogens (tertiary/aromatic N) is 4. The van der Waals surface area contributed by atoms with Gasteiger partial charge in [-0.15, -0.1) is 0 Å². The SMILES string of the molecule is CC(C)CN(c1ccc([C@H](C)CC(=O)O)cc1Nc1nc(C(F)(F)F)ns1)C1CCN(C(=O)C2CC2)CC1. The van der Waals surface area contributed by atoms with Crippen LogP contribution in [0.1, 0.15) is 70.2 Å². The normalized spacial score (nSPS) is 17.5. The van der Waals surface area contributed by atoms with E-state index in [9.17, 15) is 27.9 Å². The molecule has 4 rings (SSSR count). The number of carboxylic acids is 1. The summed E-state index contributed by atoms with van der Waals surface area (Å²) in [5.74, 6) is -1.69. The summed E-state index contributed by atoms with van der Waals surface area (Å²) < 4.78 is 42.8. The van der Waals surface area contributed by atoms with Gasteiger partial charge in [-0.05, 0) is 55.2 Å². The van der Waals surface area contributed by atoms with E-state index in [1.807, 2.05) is 17.0 Å². The number of carbonyl (C=O) groups is 2. The fourth-order valence-electron chi connectivity index (χ4n) is 4.92. The lowest BCUT2D eigenvalue weighted by molar-refractivity contribution is -0.144. The number of carboxylic acid groups (broad SMARTS) is 1. The molecule has 0 radical (unpaired) electrons. The molecular weight excluding hydrogens is 519 g/mol. The molecular formula is C26H34F3N5O3S. The summed E-state index contributed by atoms with van der Waals surface area (Å²) >= 11 is 0.629. The molecule has 1 aliphatic carbocycles. The molecule has 2 fully saturated rings. The Morgan fingerprint density at radius 2 is 1.87 bits per heavy atom. The average Bonchev–Trinajstić information content (AvgIpc) is 3.59. The number of rotatable bonds is 10. The van der Waals surface area contributed by atoms with E-state index in [2.05, 4.69) is 33.4 Å². The molecule has 208 valence electrons. The van der Waals surface area contributed by atoms with Gasteiger partial charge in [0.05, 0.1) is 17.8 Å². The molecule has 1 saturated heterocycles. The van der Waals surface area contributed by atoms with Crippen LogP contribution in [0.4, 0.5) is 29.7 Å². The van der Waals surface area contributed by atoms with Crippen molar-refractivity contribution >= 4 is 39.9 Å². The van der Waals surface area contributed by atoms with Gasteiger partial charge in [-0.2, -0.15) is 22.5 Å². The fourth-order valence-corrected chi connectivity index (χ4v) is 5.52. The molecule has 12 heteroatoms. The van der Waals surface area contributed by atoms with Crippen molar-refractivity contribution in [3.8, 4) is 0 Å². The maximum atomic E-state index is 13.1. The van der Waals surface area contributed by atoms with Gasteiger partial charge in [-0.3, -0.25) is 9.59 Å². The van der Waals surface area contributed by atoms with Crippen molar-refractivity contribution in [3.05, 3.63) is 29.6 Å². The summed E-state index contributed by atoms with van der Waals surface area (Å²) in [7, 11) is 0. The minimum atomic E-state index is -4.65. The summed E-state index contributed by atoms with van der Waals surface area (Å²) in [6.45, 7) is 8.08. The quantitative estimate of drug-likeness (QED) is 0.387. The number of benzene rings is 1. The molecule has 2 heterocycles. The van der Waals surface area contributed by atoms with Crippen LogP contribution in [-0.4, -0.2) is 56.9 Å². The van der Waals surface area contributed by atoms with Crippen LogP contribution in [0.3, 0.4) is 0 Å². The van der Waals surface area contributed by atoms with Gasteiger partial charge in [0, 0.05) is 43.1 Å². The monoisotopic (exact) mass is 553 g/mol. The molecule has 1 aliphatic heterocycles. The van der Waals surface area contributed by atoms with Gasteiger partial charge >= 0.3 is 12.1 Å². The Bertz CT molecular complexity index is 1140. The van der Waals surface area contributed by atoms with Crippen LogP contribution in [0.25, 0.3) is 0 Å². The second-order valence-electron chi connectivity index (χ2n) is 10.7. The molecule has 2 N–H and O–H groups in total. The number of aliphatic carboxylic acids is 1. The third-order valence-corrected chi connectivity index (χ3v) is 7.64. The second-order valence-corrected chi connectivity index (χ2v) is 11.5. The lowest BCUT2D eigenvalue weighted by Gasteiger charge is -2.41. The van der Waals surface area contributed by atoms with E-state index in [0.717, 1.165) is 36.9 Å². The highest BCUT2D eigenvalue weighted by Gasteiger charge is 2.37. The van der Waals surface area contributed by atoms with Gasteiger partial charge in [0.25, 0.3) is 0 Å². The number of amides is 1. The van der Waals surface area contributed by atoms with Crippen molar-refractivity contribution in [1.82, 2.24) is 14.3 Å². The number of carbonyl (C=O) groups excluding carboxylic acids is 1. The minimum absolute atomic E-state index is 0.0101. The van der Waals surface area contributed by atoms with E-state index in [1.165, 1.54) is 0 Å². The highest BCUT2D eigenvalue weighted by atomic mass is 32.1. The largest absolute Gasteiger partial charge is 0.481 e. The number of likely N-dealkylation sites (tertiary alicyclic amines) is 1. The number of hydrogen-bond donors (Lipinski definition) is 2. The molecule has 0 spiro atoms. The average molecular weight is 554 g/mol. The third-order valence-electron chi connectivity index (χ3n) is 7.01. The van der Waals surface area contributed by atoms with Crippen molar-refractivity contribution in [2.24, 2.45) is 11.8 Å². The minimum Gasteiger partial charge on any atom is -0.481 e. The van der Waals surface area contributed by atoms with E-state index < -0.39 is 18.0 Å². The maximum Gasteiger partial charge on any atom is 0.452 e. The second kappa shape index (κ2) is 11.5. The van der Waals surface area contributed by atoms with Gasteiger partial charge in [-0.1, -0.05) is 26.8 Å². The predicted molar refractivity (Wildman–Crippen MR) is 140 cm³/mol. The van der Waals surface area contributed by atoms with Gasteiger partial charge in [-0.25, -0.2) is 0 Å². The highest BCUT2D eigenvalue weighted by molar-refractivity contribution is 7.09. The summed E-state index contributed by atoms with van der Waals surface area (Å²) in [4.78, 5) is 31.7. The van der Waals surface area contributed by atoms with Gasteiger partial charge in [0.15, 0.2) is 0 Å². The van der Waals surface area contributed by atoms with Crippen molar-refractivity contribution in [2.75, 3.05) is 29.9 Å². The number of piperidine rings is 1. The first-order chi connectivity index (χ1) is 17.9. The van der Waals surface area contributed by atoms with Gasteiger partial charge < -0.3 is 20.2 Å². The Kier molecular flexibility index (Phi) is 8.49. The Labute approximate surface area is 224 Å². The van der Waals surface area contributed by atoms with E-state index in [0.29, 0.717) is 42.8 Å². The van der Waals surface area contributed by atoms with Crippen LogP contribution >= 0.6 is 11.5 Å². The number of hydrogen-bond acceptors (Lipinski definition) is 7. The summed E-state index contributed by atoms with van der Waals surface area (Å²) in [5.41, 5.74) is 2.12. The molecule has 1 amide bonds. The topological polar surface area (TPSA) is 98.7 Å². The van der Waals surface area contributed by atoms with Crippen LogP contribution < -0.4 is 10.2 Å². The Hall–Kier alpha value is -2.89. The first kappa shape index (κ1) is 28.1. The summed E-state index contributed by atoms with van der Waals surface area (Å²) in [6.07, 6.45) is -1.19. The van der Waals surface area contributed by atoms with Crippen LogP contribution in [0.5, 0.6) is 0 Å².